The SMILES string of the molecule is Cc1ccc(Oc2ccnc3cc(N)ccc23)cc1F. The number of aryl methyl sites for hydroxylation is 1. The first-order valence-corrected chi connectivity index (χ1v) is 6.22. The largest absolute Gasteiger partial charge is 0.456 e. The Kier molecular flexibility index (Phi) is 2.99. The zero-order valence-corrected chi connectivity index (χ0v) is 10.9. The molecule has 0 aliphatic rings. The highest BCUT2D eigenvalue weighted by molar-refractivity contribution is 5.87. The number of rotatable bonds is 2. The number of hydrogen-bond donors (Lipinski definition) is 1. The van der Waals surface area contributed by atoms with Crippen LogP contribution in [0.2, 0.25) is 0 Å². The van der Waals surface area contributed by atoms with E-state index in [1.54, 1.807) is 43.5 Å². The van der Waals surface area contributed by atoms with Gasteiger partial charge in [-0.1, -0.05) is 6.07 Å². The van der Waals surface area contributed by atoms with Crippen molar-refractivity contribution < 1.29 is 9.13 Å². The molecular weight excluding hydrogens is 255 g/mol. The van der Waals surface area contributed by atoms with Gasteiger partial charge >= 0.3 is 0 Å². The molecule has 0 aliphatic carbocycles. The summed E-state index contributed by atoms with van der Waals surface area (Å²) >= 11 is 0. The van der Waals surface area contributed by atoms with Gasteiger partial charge in [-0.3, -0.25) is 4.98 Å². The van der Waals surface area contributed by atoms with E-state index >= 15 is 0 Å². The maximum absolute atomic E-state index is 13.5. The molecule has 1 aromatic heterocycles. The summed E-state index contributed by atoms with van der Waals surface area (Å²) < 4.78 is 19.3. The van der Waals surface area contributed by atoms with Crippen LogP contribution in [0.4, 0.5) is 10.1 Å². The highest BCUT2D eigenvalue weighted by atomic mass is 19.1. The van der Waals surface area contributed by atoms with E-state index in [1.165, 1.54) is 6.07 Å². The predicted octanol–water partition coefficient (Wildman–Crippen LogP) is 4.06. The number of nitrogens with two attached hydrogens (primary N) is 1. The number of nitrogen functional groups attached to an aromatic ring is 1. The normalized spacial score (nSPS) is 10.7. The minimum Gasteiger partial charge on any atom is -0.456 e. The Labute approximate surface area is 115 Å². The van der Waals surface area contributed by atoms with E-state index in [2.05, 4.69) is 4.98 Å². The van der Waals surface area contributed by atoms with Crippen molar-refractivity contribution in [1.29, 1.82) is 0 Å². The van der Waals surface area contributed by atoms with Crippen molar-refractivity contribution in [2.24, 2.45) is 0 Å². The summed E-state index contributed by atoms with van der Waals surface area (Å²) in [5, 5.41) is 0.836. The average Bonchev–Trinajstić information content (AvgIpc) is 2.43. The van der Waals surface area contributed by atoms with Crippen LogP contribution in [0.15, 0.2) is 48.7 Å². The van der Waals surface area contributed by atoms with Gasteiger partial charge in [0.05, 0.1) is 5.52 Å². The number of halogens is 1. The molecule has 0 aliphatic heterocycles. The first-order valence-electron chi connectivity index (χ1n) is 6.22. The van der Waals surface area contributed by atoms with Crippen molar-refractivity contribution in [2.45, 2.75) is 6.92 Å². The molecule has 0 radical (unpaired) electrons. The second-order valence-electron chi connectivity index (χ2n) is 4.60. The summed E-state index contributed by atoms with van der Waals surface area (Å²) in [5.74, 6) is 0.792. The molecule has 2 aromatic carbocycles. The zero-order valence-electron chi connectivity index (χ0n) is 10.9. The van der Waals surface area contributed by atoms with Crippen molar-refractivity contribution in [3.05, 3.63) is 60.0 Å². The lowest BCUT2D eigenvalue weighted by Crippen LogP contribution is -1.91. The van der Waals surface area contributed by atoms with E-state index in [0.717, 1.165) is 10.9 Å². The van der Waals surface area contributed by atoms with Crippen LogP contribution >= 0.6 is 0 Å². The maximum Gasteiger partial charge on any atom is 0.138 e. The highest BCUT2D eigenvalue weighted by Crippen LogP contribution is 2.30. The lowest BCUT2D eigenvalue weighted by atomic mass is 10.2. The first-order chi connectivity index (χ1) is 9.63. The van der Waals surface area contributed by atoms with Gasteiger partial charge in [0, 0.05) is 23.3 Å². The molecule has 4 heteroatoms. The molecule has 0 amide bonds. The number of ether oxygens (including phenoxy) is 1. The van der Waals surface area contributed by atoms with E-state index in [0.29, 0.717) is 22.7 Å². The second-order valence-corrected chi connectivity index (χ2v) is 4.60. The molecule has 3 nitrogen and oxygen atoms in total. The third kappa shape index (κ3) is 2.28. The summed E-state index contributed by atoms with van der Waals surface area (Å²) in [5.41, 5.74) is 7.71. The first kappa shape index (κ1) is 12.4. The molecule has 0 fully saturated rings. The van der Waals surface area contributed by atoms with E-state index < -0.39 is 0 Å². The van der Waals surface area contributed by atoms with Crippen molar-refractivity contribution in [2.75, 3.05) is 5.73 Å². The van der Waals surface area contributed by atoms with E-state index in [9.17, 15) is 4.39 Å². The van der Waals surface area contributed by atoms with E-state index in [-0.39, 0.29) is 5.82 Å². The van der Waals surface area contributed by atoms with Gasteiger partial charge in [-0.05, 0) is 42.8 Å². The monoisotopic (exact) mass is 268 g/mol. The van der Waals surface area contributed by atoms with Gasteiger partial charge in [0.15, 0.2) is 0 Å². The molecule has 0 unspecified atom stereocenters. The molecule has 0 spiro atoms. The standard InChI is InChI=1S/C16H13FN2O/c1-10-2-4-12(9-14(10)17)20-16-6-7-19-15-8-11(18)3-5-13(15)16/h2-9H,18H2,1H3. The third-order valence-electron chi connectivity index (χ3n) is 3.10. The Morgan fingerprint density at radius 2 is 1.95 bits per heavy atom. The van der Waals surface area contributed by atoms with Crippen molar-refractivity contribution in [3.8, 4) is 11.5 Å². The third-order valence-corrected chi connectivity index (χ3v) is 3.10. The van der Waals surface area contributed by atoms with Gasteiger partial charge in [-0.25, -0.2) is 4.39 Å². The Morgan fingerprint density at radius 1 is 1.10 bits per heavy atom. The molecule has 100 valence electrons. The molecular formula is C16H13FN2O. The van der Waals surface area contributed by atoms with Crippen LogP contribution in [0.5, 0.6) is 11.5 Å². The summed E-state index contributed by atoms with van der Waals surface area (Å²) in [6, 6.07) is 11.9. The summed E-state index contributed by atoms with van der Waals surface area (Å²) in [7, 11) is 0. The highest BCUT2D eigenvalue weighted by Gasteiger charge is 2.06. The maximum atomic E-state index is 13.5. The van der Waals surface area contributed by atoms with Crippen LogP contribution in [0.1, 0.15) is 5.56 Å². The van der Waals surface area contributed by atoms with Crippen LogP contribution in [0, 0.1) is 12.7 Å². The molecule has 3 rings (SSSR count). The van der Waals surface area contributed by atoms with Gasteiger partial charge in [-0.15, -0.1) is 0 Å². The molecule has 0 bridgehead atoms. The number of anilines is 1. The van der Waals surface area contributed by atoms with Gasteiger partial charge in [0.1, 0.15) is 17.3 Å². The molecule has 2 N–H and O–H groups in total. The lowest BCUT2D eigenvalue weighted by molar-refractivity contribution is 0.481. The van der Waals surface area contributed by atoms with Crippen LogP contribution in [-0.4, -0.2) is 4.98 Å². The number of fused-ring (bicyclic) bond motifs is 1. The van der Waals surface area contributed by atoms with Crippen LogP contribution in [0.3, 0.4) is 0 Å². The summed E-state index contributed by atoms with van der Waals surface area (Å²) in [6.45, 7) is 1.71. The topological polar surface area (TPSA) is 48.1 Å². The fourth-order valence-electron chi connectivity index (χ4n) is 1.99. The van der Waals surface area contributed by atoms with Crippen molar-refractivity contribution in [1.82, 2.24) is 4.98 Å². The molecule has 0 saturated carbocycles. The minimum atomic E-state index is -0.287. The molecule has 0 atom stereocenters. The second kappa shape index (κ2) is 4.81. The summed E-state index contributed by atoms with van der Waals surface area (Å²) in [4.78, 5) is 4.24. The van der Waals surface area contributed by atoms with Crippen molar-refractivity contribution in [3.63, 3.8) is 0 Å². The smallest absolute Gasteiger partial charge is 0.138 e. The van der Waals surface area contributed by atoms with Gasteiger partial charge in [-0.2, -0.15) is 0 Å². The Bertz CT molecular complexity index is 787. The molecule has 20 heavy (non-hydrogen) atoms. The van der Waals surface area contributed by atoms with E-state index in [1.807, 2.05) is 6.07 Å². The quantitative estimate of drug-likeness (QED) is 0.713. The number of pyridine rings is 1. The average molecular weight is 268 g/mol. The Balaban J connectivity index is 2.04. The molecule has 0 saturated heterocycles. The predicted molar refractivity (Wildman–Crippen MR) is 77.4 cm³/mol. The van der Waals surface area contributed by atoms with Crippen LogP contribution in [-0.2, 0) is 0 Å². The fraction of sp³-hybridized carbons (Fsp3) is 0.0625. The number of aromatic nitrogens is 1. The van der Waals surface area contributed by atoms with Gasteiger partial charge in [0.2, 0.25) is 0 Å². The number of nitrogens with zero attached hydrogens (tertiary/aromatic N) is 1. The van der Waals surface area contributed by atoms with E-state index in [4.69, 9.17) is 10.5 Å². The zero-order chi connectivity index (χ0) is 14.1. The summed E-state index contributed by atoms with van der Waals surface area (Å²) in [6.07, 6.45) is 1.64. The Morgan fingerprint density at radius 3 is 2.75 bits per heavy atom. The minimum absolute atomic E-state index is 0.287. The molecule has 3 aromatic rings. The van der Waals surface area contributed by atoms with Crippen LogP contribution < -0.4 is 10.5 Å². The van der Waals surface area contributed by atoms with Gasteiger partial charge < -0.3 is 10.5 Å². The fourth-order valence-corrected chi connectivity index (χ4v) is 1.99. The number of hydrogen-bond acceptors (Lipinski definition) is 3. The Hall–Kier alpha value is -2.62. The van der Waals surface area contributed by atoms with Crippen molar-refractivity contribution >= 4 is 16.6 Å². The lowest BCUT2D eigenvalue weighted by Gasteiger charge is -2.09. The number of benzene rings is 2. The van der Waals surface area contributed by atoms with Gasteiger partial charge in [0.25, 0.3) is 0 Å². The molecule has 1 heterocycles. The van der Waals surface area contributed by atoms with Crippen LogP contribution in [0.25, 0.3) is 10.9 Å².